The van der Waals surface area contributed by atoms with Crippen LogP contribution in [-0.4, -0.2) is 24.1 Å². The third-order valence-electron chi connectivity index (χ3n) is 5.84. The molecule has 0 radical (unpaired) electrons. The van der Waals surface area contributed by atoms with Crippen molar-refractivity contribution in [1.82, 2.24) is 4.98 Å². The highest BCUT2D eigenvalue weighted by Gasteiger charge is 2.53. The number of anilines is 1. The van der Waals surface area contributed by atoms with Crippen LogP contribution in [-0.2, 0) is 4.74 Å². The van der Waals surface area contributed by atoms with Crippen molar-refractivity contribution in [1.29, 1.82) is 0 Å². The SMILES string of the molecule is CCOC(=O)c1cccnc1NC[C@@H]1CC[C@H]2C[C@H]1C2(C)C. The van der Waals surface area contributed by atoms with Crippen molar-refractivity contribution in [3.05, 3.63) is 23.9 Å². The number of hydrogen-bond acceptors (Lipinski definition) is 4. The van der Waals surface area contributed by atoms with Gasteiger partial charge in [0.2, 0.25) is 0 Å². The number of ether oxygens (including phenoxy) is 1. The van der Waals surface area contributed by atoms with Crippen molar-refractivity contribution in [3.63, 3.8) is 0 Å². The molecule has 0 amide bonds. The predicted octanol–water partition coefficient (Wildman–Crippen LogP) is 3.74. The maximum absolute atomic E-state index is 12.0. The molecule has 1 N–H and O–H groups in total. The van der Waals surface area contributed by atoms with Crippen molar-refractivity contribution in [2.45, 2.75) is 40.0 Å². The van der Waals surface area contributed by atoms with Gasteiger partial charge in [-0.15, -0.1) is 0 Å². The minimum Gasteiger partial charge on any atom is -0.462 e. The van der Waals surface area contributed by atoms with E-state index in [1.807, 2.05) is 6.92 Å². The van der Waals surface area contributed by atoms with E-state index in [4.69, 9.17) is 4.74 Å². The zero-order valence-corrected chi connectivity index (χ0v) is 13.8. The van der Waals surface area contributed by atoms with Crippen molar-refractivity contribution < 1.29 is 9.53 Å². The van der Waals surface area contributed by atoms with Crippen molar-refractivity contribution in [2.24, 2.45) is 23.2 Å². The fourth-order valence-electron chi connectivity index (χ4n) is 4.35. The maximum atomic E-state index is 12.0. The molecule has 4 nitrogen and oxygen atoms in total. The molecule has 2 bridgehead atoms. The van der Waals surface area contributed by atoms with Crippen LogP contribution in [0.5, 0.6) is 0 Å². The van der Waals surface area contributed by atoms with Crippen LogP contribution < -0.4 is 5.32 Å². The lowest BCUT2D eigenvalue weighted by Crippen LogP contribution is -2.53. The second-order valence-corrected chi connectivity index (χ2v) is 7.20. The van der Waals surface area contributed by atoms with Gasteiger partial charge in [0.05, 0.1) is 6.61 Å². The van der Waals surface area contributed by atoms with Gasteiger partial charge >= 0.3 is 5.97 Å². The zero-order valence-electron chi connectivity index (χ0n) is 13.8. The summed E-state index contributed by atoms with van der Waals surface area (Å²) in [6.45, 7) is 7.90. The monoisotopic (exact) mass is 302 g/mol. The molecule has 0 aliphatic heterocycles. The molecule has 4 rings (SSSR count). The molecule has 1 aromatic rings. The van der Waals surface area contributed by atoms with E-state index in [0.717, 1.165) is 18.4 Å². The quantitative estimate of drug-likeness (QED) is 0.842. The molecule has 4 heteroatoms. The van der Waals surface area contributed by atoms with Crippen LogP contribution in [0.1, 0.15) is 50.4 Å². The summed E-state index contributed by atoms with van der Waals surface area (Å²) >= 11 is 0. The lowest BCUT2D eigenvalue weighted by atomic mass is 9.45. The number of nitrogens with one attached hydrogen (secondary N) is 1. The van der Waals surface area contributed by atoms with Crippen LogP contribution >= 0.6 is 0 Å². The molecule has 3 atom stereocenters. The predicted molar refractivity (Wildman–Crippen MR) is 86.8 cm³/mol. The highest BCUT2D eigenvalue weighted by Crippen LogP contribution is 2.61. The highest BCUT2D eigenvalue weighted by molar-refractivity contribution is 5.94. The maximum Gasteiger partial charge on any atom is 0.341 e. The Kier molecular flexibility index (Phi) is 4.11. The van der Waals surface area contributed by atoms with Crippen LogP contribution in [0.2, 0.25) is 0 Å². The Hall–Kier alpha value is -1.58. The second-order valence-electron chi connectivity index (χ2n) is 7.20. The molecule has 3 saturated carbocycles. The standard InChI is InChI=1S/C18H26N2O2/c1-4-22-17(21)14-6-5-9-19-16(14)20-11-12-7-8-13-10-15(12)18(13,2)3/h5-6,9,12-13,15H,4,7-8,10-11H2,1-3H3,(H,19,20)/t12-,13-,15+/m0/s1. The first kappa shape index (κ1) is 15.3. The topological polar surface area (TPSA) is 51.2 Å². The van der Waals surface area contributed by atoms with E-state index in [2.05, 4.69) is 24.1 Å². The average Bonchev–Trinajstić information content (AvgIpc) is 2.53. The molecule has 0 spiro atoms. The molecule has 3 fully saturated rings. The van der Waals surface area contributed by atoms with Crippen LogP contribution in [0.25, 0.3) is 0 Å². The molecule has 0 aromatic carbocycles. The van der Waals surface area contributed by atoms with Gasteiger partial charge < -0.3 is 10.1 Å². The van der Waals surface area contributed by atoms with E-state index < -0.39 is 0 Å². The first-order valence-corrected chi connectivity index (χ1v) is 8.40. The normalized spacial score (nSPS) is 28.6. The van der Waals surface area contributed by atoms with Gasteiger partial charge in [0, 0.05) is 12.7 Å². The summed E-state index contributed by atoms with van der Waals surface area (Å²) in [6.07, 6.45) is 5.71. The Bertz CT molecular complexity index is 554. The van der Waals surface area contributed by atoms with E-state index in [-0.39, 0.29) is 5.97 Å². The summed E-state index contributed by atoms with van der Waals surface area (Å²) in [4.78, 5) is 16.3. The molecule has 3 aliphatic carbocycles. The molecule has 0 unspecified atom stereocenters. The third-order valence-corrected chi connectivity index (χ3v) is 5.84. The second kappa shape index (κ2) is 5.90. The minimum absolute atomic E-state index is 0.300. The van der Waals surface area contributed by atoms with Gasteiger partial charge in [-0.1, -0.05) is 13.8 Å². The molecule has 3 aliphatic rings. The lowest BCUT2D eigenvalue weighted by molar-refractivity contribution is -0.100. The Labute approximate surface area is 132 Å². The summed E-state index contributed by atoms with van der Waals surface area (Å²) in [5, 5.41) is 3.40. The number of nitrogens with zero attached hydrogens (tertiary/aromatic N) is 1. The number of esters is 1. The number of rotatable bonds is 5. The number of carbonyl (C=O) groups is 1. The highest BCUT2D eigenvalue weighted by atomic mass is 16.5. The smallest absolute Gasteiger partial charge is 0.341 e. The van der Waals surface area contributed by atoms with E-state index >= 15 is 0 Å². The van der Waals surface area contributed by atoms with E-state index in [1.165, 1.54) is 19.3 Å². The van der Waals surface area contributed by atoms with Crippen LogP contribution in [0.15, 0.2) is 18.3 Å². The fourth-order valence-corrected chi connectivity index (χ4v) is 4.35. The van der Waals surface area contributed by atoms with E-state index in [0.29, 0.717) is 29.3 Å². The van der Waals surface area contributed by atoms with Gasteiger partial charge in [-0.05, 0) is 61.5 Å². The third kappa shape index (κ3) is 2.59. The molecule has 120 valence electrons. The van der Waals surface area contributed by atoms with E-state index in [1.54, 1.807) is 18.3 Å². The van der Waals surface area contributed by atoms with E-state index in [9.17, 15) is 4.79 Å². The number of aromatic nitrogens is 1. The van der Waals surface area contributed by atoms with Crippen LogP contribution in [0, 0.1) is 23.2 Å². The van der Waals surface area contributed by atoms with Gasteiger partial charge in [0.25, 0.3) is 0 Å². The molecular formula is C18H26N2O2. The van der Waals surface area contributed by atoms with Crippen LogP contribution in [0.3, 0.4) is 0 Å². The van der Waals surface area contributed by atoms with Gasteiger partial charge in [-0.25, -0.2) is 9.78 Å². The number of pyridine rings is 1. The Morgan fingerprint density at radius 1 is 1.45 bits per heavy atom. The van der Waals surface area contributed by atoms with Gasteiger partial charge in [-0.3, -0.25) is 0 Å². The summed E-state index contributed by atoms with van der Waals surface area (Å²) < 4.78 is 5.10. The average molecular weight is 302 g/mol. The fraction of sp³-hybridized carbons (Fsp3) is 0.667. The Morgan fingerprint density at radius 3 is 2.95 bits per heavy atom. The Balaban J connectivity index is 1.66. The number of hydrogen-bond donors (Lipinski definition) is 1. The number of fused-ring (bicyclic) bond motifs is 2. The van der Waals surface area contributed by atoms with Gasteiger partial charge in [0.15, 0.2) is 0 Å². The molecule has 0 saturated heterocycles. The first-order chi connectivity index (χ1) is 10.5. The lowest BCUT2D eigenvalue weighted by Gasteiger charge is -2.60. The summed E-state index contributed by atoms with van der Waals surface area (Å²) in [5.41, 5.74) is 1.02. The summed E-state index contributed by atoms with van der Waals surface area (Å²) in [5.74, 6) is 2.75. The molecular weight excluding hydrogens is 276 g/mol. The van der Waals surface area contributed by atoms with Crippen molar-refractivity contribution in [3.8, 4) is 0 Å². The van der Waals surface area contributed by atoms with Gasteiger partial charge in [0.1, 0.15) is 11.4 Å². The summed E-state index contributed by atoms with van der Waals surface area (Å²) in [6, 6.07) is 3.55. The first-order valence-electron chi connectivity index (χ1n) is 8.40. The van der Waals surface area contributed by atoms with Gasteiger partial charge in [-0.2, -0.15) is 0 Å². The summed E-state index contributed by atoms with van der Waals surface area (Å²) in [7, 11) is 0. The minimum atomic E-state index is -0.300. The van der Waals surface area contributed by atoms with Crippen LogP contribution in [0.4, 0.5) is 5.82 Å². The Morgan fingerprint density at radius 2 is 2.27 bits per heavy atom. The molecule has 22 heavy (non-hydrogen) atoms. The molecule has 1 aromatic heterocycles. The largest absolute Gasteiger partial charge is 0.462 e. The van der Waals surface area contributed by atoms with Crippen molar-refractivity contribution in [2.75, 3.05) is 18.5 Å². The van der Waals surface area contributed by atoms with Crippen molar-refractivity contribution >= 4 is 11.8 Å². The zero-order chi connectivity index (χ0) is 15.7. The molecule has 1 heterocycles. The number of carbonyl (C=O) groups excluding carboxylic acids is 1.